The van der Waals surface area contributed by atoms with Crippen molar-refractivity contribution >= 4 is 33.1 Å². The molecule has 8 heteroatoms. The number of sulfone groups is 1. The first-order valence-electron chi connectivity index (χ1n) is 13.7. The van der Waals surface area contributed by atoms with Gasteiger partial charge in [-0.25, -0.2) is 13.4 Å². The van der Waals surface area contributed by atoms with E-state index < -0.39 is 9.84 Å². The third-order valence-corrected chi connectivity index (χ3v) is 10.8. The number of anilines is 3. The number of rotatable bonds is 6. The van der Waals surface area contributed by atoms with Gasteiger partial charge in [0.1, 0.15) is 11.6 Å². The highest BCUT2D eigenvalue weighted by molar-refractivity contribution is 7.91. The van der Waals surface area contributed by atoms with E-state index in [9.17, 15) is 13.2 Å². The van der Waals surface area contributed by atoms with Crippen molar-refractivity contribution in [2.75, 3.05) is 40.5 Å². The molecule has 0 unspecified atom stereocenters. The molecule has 1 aromatic heterocycles. The van der Waals surface area contributed by atoms with E-state index in [1.165, 1.54) is 25.7 Å². The second-order valence-electron chi connectivity index (χ2n) is 12.9. The SMILES string of the molecule is CC(C)(C)CS(=O)(=O)c1cccc(NC(=O)c2ccc(N3CC[C@@H]4C[C@@H]43)nc2N2CCC3(CC2)CC3)c1. The molecule has 37 heavy (non-hydrogen) atoms. The highest BCUT2D eigenvalue weighted by atomic mass is 32.2. The smallest absolute Gasteiger partial charge is 0.259 e. The van der Waals surface area contributed by atoms with E-state index in [-0.39, 0.29) is 22.0 Å². The Morgan fingerprint density at radius 3 is 2.46 bits per heavy atom. The minimum Gasteiger partial charge on any atom is -0.356 e. The van der Waals surface area contributed by atoms with Crippen LogP contribution in [0.4, 0.5) is 17.3 Å². The molecule has 1 aromatic carbocycles. The quantitative estimate of drug-likeness (QED) is 0.566. The molecule has 1 spiro atoms. The van der Waals surface area contributed by atoms with Crippen molar-refractivity contribution < 1.29 is 13.2 Å². The van der Waals surface area contributed by atoms with Crippen LogP contribution >= 0.6 is 0 Å². The maximum atomic E-state index is 13.6. The fourth-order valence-corrected chi connectivity index (χ4v) is 8.08. The molecule has 2 atom stereocenters. The average Bonchev–Trinajstić information content (AvgIpc) is 3.75. The molecule has 7 nitrogen and oxygen atoms in total. The van der Waals surface area contributed by atoms with Gasteiger partial charge in [0.05, 0.1) is 16.2 Å². The van der Waals surface area contributed by atoms with Crippen molar-refractivity contribution in [3.8, 4) is 0 Å². The van der Waals surface area contributed by atoms with Gasteiger partial charge in [-0.15, -0.1) is 0 Å². The van der Waals surface area contributed by atoms with Gasteiger partial charge < -0.3 is 15.1 Å². The van der Waals surface area contributed by atoms with Crippen LogP contribution < -0.4 is 15.1 Å². The summed E-state index contributed by atoms with van der Waals surface area (Å²) in [5, 5.41) is 2.96. The minimum absolute atomic E-state index is 0.0434. The van der Waals surface area contributed by atoms with Crippen LogP contribution in [0.25, 0.3) is 0 Å². The van der Waals surface area contributed by atoms with Gasteiger partial charge in [-0.1, -0.05) is 26.8 Å². The molecule has 3 heterocycles. The number of nitrogens with one attached hydrogen (secondary N) is 1. The lowest BCUT2D eigenvalue weighted by atomic mass is 9.93. The van der Waals surface area contributed by atoms with Crippen LogP contribution in [-0.4, -0.2) is 50.7 Å². The second-order valence-corrected chi connectivity index (χ2v) is 14.9. The third-order valence-electron chi connectivity index (χ3n) is 8.58. The molecule has 4 fully saturated rings. The zero-order chi connectivity index (χ0) is 26.0. The molecular weight excluding hydrogens is 484 g/mol. The van der Waals surface area contributed by atoms with Gasteiger partial charge >= 0.3 is 0 Å². The van der Waals surface area contributed by atoms with E-state index >= 15 is 0 Å². The van der Waals surface area contributed by atoms with Crippen LogP contribution in [-0.2, 0) is 9.84 Å². The fourth-order valence-electron chi connectivity index (χ4n) is 6.18. The molecule has 1 N–H and O–H groups in total. The van der Waals surface area contributed by atoms with Crippen molar-refractivity contribution in [3.63, 3.8) is 0 Å². The van der Waals surface area contributed by atoms with Gasteiger partial charge in [0, 0.05) is 31.4 Å². The molecule has 2 aliphatic heterocycles. The number of aromatic nitrogens is 1. The highest BCUT2D eigenvalue weighted by Gasteiger charge is 2.48. The van der Waals surface area contributed by atoms with Crippen molar-refractivity contribution in [3.05, 3.63) is 42.0 Å². The predicted octanol–water partition coefficient (Wildman–Crippen LogP) is 5.13. The van der Waals surface area contributed by atoms with Gasteiger partial charge in [-0.05, 0) is 85.6 Å². The van der Waals surface area contributed by atoms with Crippen LogP contribution in [0, 0.1) is 16.7 Å². The van der Waals surface area contributed by atoms with Crippen LogP contribution in [0.5, 0.6) is 0 Å². The van der Waals surface area contributed by atoms with Gasteiger partial charge in [0.15, 0.2) is 9.84 Å². The summed E-state index contributed by atoms with van der Waals surface area (Å²) >= 11 is 0. The number of pyridine rings is 1. The Labute approximate surface area is 220 Å². The number of carbonyl (C=O) groups is 1. The molecule has 1 amide bonds. The molecule has 2 saturated heterocycles. The summed E-state index contributed by atoms with van der Waals surface area (Å²) in [7, 11) is -3.47. The van der Waals surface area contributed by atoms with Crippen LogP contribution in [0.3, 0.4) is 0 Å². The van der Waals surface area contributed by atoms with Crippen molar-refractivity contribution in [1.82, 2.24) is 4.98 Å². The second kappa shape index (κ2) is 8.72. The molecule has 6 rings (SSSR count). The van der Waals surface area contributed by atoms with Crippen LogP contribution in [0.2, 0.25) is 0 Å². The van der Waals surface area contributed by atoms with Crippen molar-refractivity contribution in [1.29, 1.82) is 0 Å². The number of benzene rings is 1. The number of hydrogen-bond acceptors (Lipinski definition) is 6. The Morgan fingerprint density at radius 2 is 1.84 bits per heavy atom. The normalized spacial score (nSPS) is 24.2. The fraction of sp³-hybridized carbons (Fsp3) is 0.586. The number of piperidine rings is 2. The van der Waals surface area contributed by atoms with Crippen molar-refractivity contribution in [2.24, 2.45) is 16.7 Å². The van der Waals surface area contributed by atoms with E-state index in [2.05, 4.69) is 15.1 Å². The molecule has 198 valence electrons. The van der Waals surface area contributed by atoms with Crippen molar-refractivity contribution in [2.45, 2.75) is 70.2 Å². The Kier molecular flexibility index (Phi) is 5.82. The van der Waals surface area contributed by atoms with Gasteiger partial charge in [-0.3, -0.25) is 4.79 Å². The first-order valence-corrected chi connectivity index (χ1v) is 15.3. The Bertz CT molecular complexity index is 1320. The van der Waals surface area contributed by atoms with Gasteiger partial charge in [0.2, 0.25) is 0 Å². The van der Waals surface area contributed by atoms with E-state index in [1.807, 2.05) is 32.9 Å². The number of hydrogen-bond donors (Lipinski definition) is 1. The molecule has 0 bridgehead atoms. The van der Waals surface area contributed by atoms with E-state index in [0.29, 0.717) is 22.7 Å². The zero-order valence-electron chi connectivity index (χ0n) is 22.2. The molecule has 2 aliphatic carbocycles. The molecule has 2 aromatic rings. The van der Waals surface area contributed by atoms with E-state index in [0.717, 1.165) is 50.0 Å². The topological polar surface area (TPSA) is 82.6 Å². The van der Waals surface area contributed by atoms with Crippen LogP contribution in [0.1, 0.15) is 69.7 Å². The maximum absolute atomic E-state index is 13.6. The van der Waals surface area contributed by atoms with Gasteiger partial charge in [-0.2, -0.15) is 0 Å². The first-order chi connectivity index (χ1) is 17.5. The third kappa shape index (κ3) is 5.09. The largest absolute Gasteiger partial charge is 0.356 e. The number of nitrogens with zero attached hydrogens (tertiary/aromatic N) is 3. The predicted molar refractivity (Wildman–Crippen MR) is 147 cm³/mol. The summed E-state index contributed by atoms with van der Waals surface area (Å²) in [4.78, 5) is 23.6. The summed E-state index contributed by atoms with van der Waals surface area (Å²) in [5.41, 5.74) is 1.20. The molecular formula is C29H38N4O3S. The highest BCUT2D eigenvalue weighted by Crippen LogP contribution is 2.54. The van der Waals surface area contributed by atoms with Crippen LogP contribution in [0.15, 0.2) is 41.3 Å². The lowest BCUT2D eigenvalue weighted by Crippen LogP contribution is -2.37. The summed E-state index contributed by atoms with van der Waals surface area (Å²) in [6.45, 7) is 8.60. The maximum Gasteiger partial charge on any atom is 0.259 e. The summed E-state index contributed by atoms with van der Waals surface area (Å²) in [6.07, 6.45) is 7.44. The number of carbonyl (C=O) groups excluding carboxylic acids is 1. The van der Waals surface area contributed by atoms with E-state index in [1.54, 1.807) is 24.3 Å². The molecule has 0 radical (unpaired) electrons. The van der Waals surface area contributed by atoms with Gasteiger partial charge in [0.25, 0.3) is 5.91 Å². The summed E-state index contributed by atoms with van der Waals surface area (Å²) in [5.74, 6) is 2.32. The minimum atomic E-state index is -3.47. The lowest BCUT2D eigenvalue weighted by Gasteiger charge is -2.34. The summed E-state index contributed by atoms with van der Waals surface area (Å²) < 4.78 is 25.9. The number of amides is 1. The number of fused-ring (bicyclic) bond motifs is 1. The Balaban J connectivity index is 1.26. The lowest BCUT2D eigenvalue weighted by molar-refractivity contribution is 0.102. The zero-order valence-corrected chi connectivity index (χ0v) is 23.0. The molecule has 2 saturated carbocycles. The van der Waals surface area contributed by atoms with E-state index in [4.69, 9.17) is 4.98 Å². The Morgan fingerprint density at radius 1 is 1.08 bits per heavy atom. The average molecular weight is 523 g/mol. The Hall–Kier alpha value is -2.61. The summed E-state index contributed by atoms with van der Waals surface area (Å²) in [6, 6.07) is 11.1. The monoisotopic (exact) mass is 522 g/mol. The first kappa shape index (κ1) is 24.7. The molecule has 4 aliphatic rings. The standard InChI is InChI=1S/C29H38N4O3S/c1-28(2,3)19-37(35,36)22-6-4-5-21(18-22)30-27(34)23-7-8-25(33-14-9-20-17-24(20)33)31-26(23)32-15-12-29(10-11-29)13-16-32/h4-8,18,20,24H,9-17,19H2,1-3H3,(H,30,34)/t20-,24+/m1/s1.